The van der Waals surface area contributed by atoms with Crippen molar-refractivity contribution in [3.05, 3.63) is 242 Å². The normalized spacial score (nSPS) is 12.0. The second kappa shape index (κ2) is 17.7. The van der Waals surface area contributed by atoms with Gasteiger partial charge in [-0.2, -0.15) is 0 Å². The molecule has 2 heterocycles. The Labute approximate surface area is 440 Å². The molecular weight excluding hydrogens is 933 g/mol. The number of hydrogen-bond donors (Lipinski definition) is 0. The molecule has 14 aromatic rings. The van der Waals surface area contributed by atoms with Crippen LogP contribution in [-0.2, 0) is 0 Å². The molecule has 0 saturated heterocycles. The summed E-state index contributed by atoms with van der Waals surface area (Å²) in [5.74, 6) is 0.518. The van der Waals surface area contributed by atoms with Crippen molar-refractivity contribution in [2.75, 3.05) is 9.80 Å². The van der Waals surface area contributed by atoms with Crippen LogP contribution in [0.5, 0.6) is 0 Å². The Hall–Kier alpha value is -8.28. The maximum Gasteiger partial charge on any atom is 0.0640 e. The van der Waals surface area contributed by atoms with Crippen LogP contribution in [0, 0.1) is 0 Å². The van der Waals surface area contributed by atoms with Gasteiger partial charge in [-0.05, 0) is 127 Å². The minimum absolute atomic E-state index is 0.259. The second-order valence-corrected chi connectivity index (χ2v) is 22.5. The van der Waals surface area contributed by atoms with Crippen LogP contribution in [-0.4, -0.2) is 0 Å². The fourth-order valence-electron chi connectivity index (χ4n) is 11.8. The van der Waals surface area contributed by atoms with Crippen LogP contribution in [0.4, 0.5) is 34.1 Å². The summed E-state index contributed by atoms with van der Waals surface area (Å²) in [4.78, 5) is 5.13. The Morgan fingerprint density at radius 1 is 0.284 bits per heavy atom. The van der Waals surface area contributed by atoms with Crippen LogP contribution in [0.15, 0.2) is 231 Å². The largest absolute Gasteiger partial charge is 0.308 e. The van der Waals surface area contributed by atoms with Gasteiger partial charge in [0, 0.05) is 53.1 Å². The lowest BCUT2D eigenvalue weighted by atomic mass is 9.84. The number of hydrogen-bond acceptors (Lipinski definition) is 4. The smallest absolute Gasteiger partial charge is 0.0640 e. The molecule has 0 saturated carbocycles. The first kappa shape index (κ1) is 44.4. The SMILES string of the molecule is CC(C)c1cc(N(c2ccc(-c3ccccc3)cc2)c2cccc3c2sc2ccccc23)c2ccc3c(C(C)C)cc(N(c4ccc(-c5ccccc5)cc4)c4cccc5c4sc4ccccc45)c4ccc1c2c34. The summed E-state index contributed by atoms with van der Waals surface area (Å²) < 4.78 is 5.16. The van der Waals surface area contributed by atoms with Gasteiger partial charge >= 0.3 is 0 Å². The Morgan fingerprint density at radius 3 is 1.04 bits per heavy atom. The summed E-state index contributed by atoms with van der Waals surface area (Å²) in [6, 6.07) is 86.2. The lowest BCUT2D eigenvalue weighted by Crippen LogP contribution is -2.13. The van der Waals surface area contributed by atoms with Gasteiger partial charge in [-0.3, -0.25) is 0 Å². The number of fused-ring (bicyclic) bond motifs is 6. The zero-order valence-electron chi connectivity index (χ0n) is 41.8. The second-order valence-electron chi connectivity index (χ2n) is 20.4. The van der Waals surface area contributed by atoms with E-state index in [4.69, 9.17) is 0 Å². The van der Waals surface area contributed by atoms with Crippen molar-refractivity contribution in [2.24, 2.45) is 0 Å². The molecule has 354 valence electrons. The van der Waals surface area contributed by atoms with E-state index in [1.165, 1.54) is 129 Å². The van der Waals surface area contributed by atoms with Crippen LogP contribution >= 0.6 is 22.7 Å². The maximum absolute atomic E-state index is 2.57. The number of rotatable bonds is 10. The van der Waals surface area contributed by atoms with Crippen LogP contribution in [0.3, 0.4) is 0 Å². The Morgan fingerprint density at radius 2 is 0.635 bits per heavy atom. The van der Waals surface area contributed by atoms with Crippen molar-refractivity contribution in [3.8, 4) is 22.3 Å². The molecule has 74 heavy (non-hydrogen) atoms. The summed E-state index contributed by atoms with van der Waals surface area (Å²) in [6.07, 6.45) is 0. The van der Waals surface area contributed by atoms with Crippen molar-refractivity contribution >= 4 is 129 Å². The predicted molar refractivity (Wildman–Crippen MR) is 324 cm³/mol. The van der Waals surface area contributed by atoms with Gasteiger partial charge in [0.15, 0.2) is 0 Å². The van der Waals surface area contributed by atoms with Crippen molar-refractivity contribution in [2.45, 2.75) is 39.5 Å². The van der Waals surface area contributed by atoms with Gasteiger partial charge in [-0.25, -0.2) is 0 Å². The first-order valence-electron chi connectivity index (χ1n) is 25.9. The first-order valence-corrected chi connectivity index (χ1v) is 27.5. The zero-order valence-corrected chi connectivity index (χ0v) is 43.4. The van der Waals surface area contributed by atoms with Gasteiger partial charge in [0.2, 0.25) is 0 Å². The van der Waals surface area contributed by atoms with E-state index in [0.717, 1.165) is 11.4 Å². The van der Waals surface area contributed by atoms with E-state index in [-0.39, 0.29) is 11.8 Å². The highest BCUT2D eigenvalue weighted by Gasteiger charge is 2.28. The zero-order chi connectivity index (χ0) is 49.6. The molecule has 12 aromatic carbocycles. The van der Waals surface area contributed by atoms with Crippen LogP contribution in [0.25, 0.3) is 94.9 Å². The average Bonchev–Trinajstić information content (AvgIpc) is 4.04. The molecule has 0 aliphatic rings. The van der Waals surface area contributed by atoms with Crippen molar-refractivity contribution in [3.63, 3.8) is 0 Å². The van der Waals surface area contributed by atoms with E-state index in [1.807, 2.05) is 22.7 Å². The topological polar surface area (TPSA) is 6.48 Å². The minimum Gasteiger partial charge on any atom is -0.308 e. The molecule has 14 rings (SSSR count). The Balaban J connectivity index is 1.07. The fraction of sp³-hybridized carbons (Fsp3) is 0.0857. The molecule has 0 aliphatic heterocycles. The monoisotopic (exact) mass is 984 g/mol. The molecular formula is C70H52N2S2. The standard InChI is InChI=1S/C70H52N2S2/c1-43(2)59-41-63(71(49-33-29-47(30-34-49)45-17-7-5-8-18-45)61-25-15-23-55-51-21-11-13-27-65(51)73-69(55)61)57-40-38-54-60(44(3)4)42-64(58-39-37-53(59)67(57)68(54)58)72(50-35-31-48(32-36-50)46-19-9-6-10-20-46)62-26-16-24-56-52-22-12-14-28-66(52)74-70(56)62/h5-44H,1-4H3. The maximum atomic E-state index is 2.57. The van der Waals surface area contributed by atoms with Gasteiger partial charge in [0.1, 0.15) is 0 Å². The van der Waals surface area contributed by atoms with Gasteiger partial charge in [-0.15, -0.1) is 22.7 Å². The van der Waals surface area contributed by atoms with Gasteiger partial charge in [0.25, 0.3) is 0 Å². The molecule has 2 nitrogen and oxygen atoms in total. The lowest BCUT2D eigenvalue weighted by molar-refractivity contribution is 0.875. The third kappa shape index (κ3) is 7.11. The molecule has 0 spiro atoms. The molecule has 0 aliphatic carbocycles. The molecule has 0 N–H and O–H groups in total. The molecule has 0 unspecified atom stereocenters. The number of anilines is 6. The summed E-state index contributed by atoms with van der Waals surface area (Å²) in [5, 5.41) is 12.9. The Bertz CT molecular complexity index is 4130. The van der Waals surface area contributed by atoms with E-state index in [2.05, 4.69) is 268 Å². The van der Waals surface area contributed by atoms with E-state index < -0.39 is 0 Å². The summed E-state index contributed by atoms with van der Waals surface area (Å²) in [5.41, 5.74) is 14.5. The molecule has 0 radical (unpaired) electrons. The molecule has 0 atom stereocenters. The molecule has 0 bridgehead atoms. The highest BCUT2D eigenvalue weighted by molar-refractivity contribution is 7.26. The van der Waals surface area contributed by atoms with Crippen molar-refractivity contribution in [1.29, 1.82) is 0 Å². The number of thiophene rings is 2. The Kier molecular flexibility index (Phi) is 10.6. The first-order chi connectivity index (χ1) is 36.4. The third-order valence-corrected chi connectivity index (χ3v) is 17.8. The van der Waals surface area contributed by atoms with Crippen molar-refractivity contribution in [1.82, 2.24) is 0 Å². The molecule has 0 fully saturated rings. The fourth-order valence-corrected chi connectivity index (χ4v) is 14.2. The highest BCUT2D eigenvalue weighted by Crippen LogP contribution is 2.54. The van der Waals surface area contributed by atoms with E-state index in [0.29, 0.717) is 0 Å². The highest BCUT2D eigenvalue weighted by atomic mass is 32.1. The van der Waals surface area contributed by atoms with Gasteiger partial charge in [-0.1, -0.05) is 198 Å². The third-order valence-electron chi connectivity index (χ3n) is 15.4. The lowest BCUT2D eigenvalue weighted by Gasteiger charge is -2.32. The molecule has 4 heteroatoms. The molecule has 0 amide bonds. The van der Waals surface area contributed by atoms with Crippen LogP contribution < -0.4 is 9.80 Å². The quantitative estimate of drug-likeness (QED) is 0.126. The van der Waals surface area contributed by atoms with Crippen LogP contribution in [0.2, 0.25) is 0 Å². The average molecular weight is 985 g/mol. The van der Waals surface area contributed by atoms with Crippen LogP contribution in [0.1, 0.15) is 50.7 Å². The van der Waals surface area contributed by atoms with Gasteiger partial charge < -0.3 is 9.80 Å². The number of nitrogens with zero attached hydrogens (tertiary/aromatic N) is 2. The number of benzene rings is 12. The summed E-state index contributed by atoms with van der Waals surface area (Å²) in [6.45, 7) is 9.44. The predicted octanol–water partition coefficient (Wildman–Crippen LogP) is 21.8. The molecule has 2 aromatic heterocycles. The van der Waals surface area contributed by atoms with Gasteiger partial charge in [0.05, 0.1) is 32.1 Å². The summed E-state index contributed by atoms with van der Waals surface area (Å²) >= 11 is 3.78. The van der Waals surface area contributed by atoms with E-state index in [1.54, 1.807) is 0 Å². The van der Waals surface area contributed by atoms with E-state index >= 15 is 0 Å². The minimum atomic E-state index is 0.259. The summed E-state index contributed by atoms with van der Waals surface area (Å²) in [7, 11) is 0. The van der Waals surface area contributed by atoms with Crippen molar-refractivity contribution < 1.29 is 0 Å². The van der Waals surface area contributed by atoms with E-state index in [9.17, 15) is 0 Å².